The van der Waals surface area contributed by atoms with Crippen molar-refractivity contribution in [1.29, 1.82) is 0 Å². The Labute approximate surface area is 122 Å². The van der Waals surface area contributed by atoms with Crippen molar-refractivity contribution in [2.45, 2.75) is 58.5 Å². The van der Waals surface area contributed by atoms with Crippen LogP contribution in [0.1, 0.15) is 70.0 Å². The van der Waals surface area contributed by atoms with E-state index in [4.69, 9.17) is 9.72 Å². The molecule has 112 valence electrons. The molecule has 1 N–H and O–H groups in total. The summed E-state index contributed by atoms with van der Waals surface area (Å²) in [4.78, 5) is 9.44. The number of nitrogens with one attached hydrogen (secondary N) is 1. The van der Waals surface area contributed by atoms with Gasteiger partial charge >= 0.3 is 0 Å². The Morgan fingerprint density at radius 3 is 2.55 bits per heavy atom. The standard InChI is InChI=1S/C16H27N3O/c1-5-20-15(11(2)3)16-18-13(10-14(17-4)19-16)12-8-6-7-9-12/h10-12,15H,5-9H2,1-4H3,(H,17,18,19). The Hall–Kier alpha value is -1.16. The monoisotopic (exact) mass is 277 g/mol. The number of aromatic nitrogens is 2. The minimum atomic E-state index is -0.0200. The van der Waals surface area contributed by atoms with Gasteiger partial charge < -0.3 is 10.1 Å². The van der Waals surface area contributed by atoms with Crippen LogP contribution in [0, 0.1) is 5.92 Å². The van der Waals surface area contributed by atoms with Gasteiger partial charge in [-0.15, -0.1) is 0 Å². The molecule has 1 atom stereocenters. The van der Waals surface area contributed by atoms with Crippen LogP contribution in [-0.4, -0.2) is 23.6 Å². The van der Waals surface area contributed by atoms with Crippen LogP contribution in [0.3, 0.4) is 0 Å². The number of hydrogen-bond donors (Lipinski definition) is 1. The molecular weight excluding hydrogens is 250 g/mol. The predicted molar refractivity (Wildman–Crippen MR) is 82.0 cm³/mol. The zero-order chi connectivity index (χ0) is 14.5. The van der Waals surface area contributed by atoms with Gasteiger partial charge in [-0.3, -0.25) is 0 Å². The van der Waals surface area contributed by atoms with Crippen molar-refractivity contribution in [3.8, 4) is 0 Å². The average molecular weight is 277 g/mol. The van der Waals surface area contributed by atoms with E-state index in [0.717, 1.165) is 11.6 Å². The van der Waals surface area contributed by atoms with Crippen molar-refractivity contribution in [2.75, 3.05) is 19.0 Å². The smallest absolute Gasteiger partial charge is 0.160 e. The van der Waals surface area contributed by atoms with Gasteiger partial charge in [-0.05, 0) is 25.7 Å². The molecule has 0 spiro atoms. The van der Waals surface area contributed by atoms with Crippen LogP contribution in [0.2, 0.25) is 0 Å². The fourth-order valence-electron chi connectivity index (χ4n) is 2.92. The summed E-state index contributed by atoms with van der Waals surface area (Å²) >= 11 is 0. The van der Waals surface area contributed by atoms with E-state index in [9.17, 15) is 0 Å². The molecule has 1 heterocycles. The predicted octanol–water partition coefficient (Wildman–Crippen LogP) is 3.91. The zero-order valence-corrected chi connectivity index (χ0v) is 13.1. The van der Waals surface area contributed by atoms with Crippen molar-refractivity contribution in [3.63, 3.8) is 0 Å². The van der Waals surface area contributed by atoms with Gasteiger partial charge in [0.15, 0.2) is 5.82 Å². The quantitative estimate of drug-likeness (QED) is 0.856. The van der Waals surface area contributed by atoms with Crippen molar-refractivity contribution in [2.24, 2.45) is 5.92 Å². The lowest BCUT2D eigenvalue weighted by atomic mass is 10.0. The van der Waals surface area contributed by atoms with Crippen LogP contribution in [0.5, 0.6) is 0 Å². The van der Waals surface area contributed by atoms with Crippen LogP contribution in [0.4, 0.5) is 5.82 Å². The van der Waals surface area contributed by atoms with E-state index in [1.165, 1.54) is 31.4 Å². The normalized spacial score (nSPS) is 17.6. The Morgan fingerprint density at radius 1 is 1.30 bits per heavy atom. The zero-order valence-electron chi connectivity index (χ0n) is 13.1. The molecule has 1 unspecified atom stereocenters. The van der Waals surface area contributed by atoms with E-state index in [0.29, 0.717) is 18.4 Å². The van der Waals surface area contributed by atoms with Crippen LogP contribution in [0.15, 0.2) is 6.07 Å². The molecule has 0 bridgehead atoms. The summed E-state index contributed by atoms with van der Waals surface area (Å²) in [7, 11) is 1.91. The first-order chi connectivity index (χ1) is 9.65. The third-order valence-corrected chi connectivity index (χ3v) is 4.00. The van der Waals surface area contributed by atoms with Crippen LogP contribution in [-0.2, 0) is 4.74 Å². The summed E-state index contributed by atoms with van der Waals surface area (Å²) in [5.74, 6) is 2.70. The van der Waals surface area contributed by atoms with Crippen molar-refractivity contribution >= 4 is 5.82 Å². The van der Waals surface area contributed by atoms with Gasteiger partial charge in [0, 0.05) is 31.3 Å². The molecule has 1 aromatic rings. The van der Waals surface area contributed by atoms with Crippen LogP contribution < -0.4 is 5.32 Å². The van der Waals surface area contributed by atoms with Gasteiger partial charge in [0.1, 0.15) is 11.9 Å². The maximum Gasteiger partial charge on any atom is 0.160 e. The third kappa shape index (κ3) is 3.48. The molecule has 4 heteroatoms. The highest BCUT2D eigenvalue weighted by atomic mass is 16.5. The second-order valence-corrected chi connectivity index (χ2v) is 5.89. The largest absolute Gasteiger partial charge is 0.373 e. The lowest BCUT2D eigenvalue weighted by molar-refractivity contribution is 0.0231. The number of hydrogen-bond acceptors (Lipinski definition) is 4. The Balaban J connectivity index is 2.33. The van der Waals surface area contributed by atoms with E-state index in [1.54, 1.807) is 0 Å². The molecule has 0 saturated heterocycles. The summed E-state index contributed by atoms with van der Waals surface area (Å²) < 4.78 is 5.85. The molecular formula is C16H27N3O. The first-order valence-corrected chi connectivity index (χ1v) is 7.84. The van der Waals surface area contributed by atoms with Crippen molar-refractivity contribution in [3.05, 3.63) is 17.6 Å². The van der Waals surface area contributed by atoms with Gasteiger partial charge in [0.2, 0.25) is 0 Å². The molecule has 0 aliphatic heterocycles. The van der Waals surface area contributed by atoms with Gasteiger partial charge in [-0.25, -0.2) is 9.97 Å². The molecule has 1 aliphatic carbocycles. The third-order valence-electron chi connectivity index (χ3n) is 4.00. The molecule has 0 amide bonds. The van der Waals surface area contributed by atoms with E-state index in [2.05, 4.69) is 30.2 Å². The topological polar surface area (TPSA) is 47.0 Å². The Morgan fingerprint density at radius 2 is 2.00 bits per heavy atom. The second kappa shape index (κ2) is 7.02. The summed E-state index contributed by atoms with van der Waals surface area (Å²) in [5.41, 5.74) is 1.18. The minimum Gasteiger partial charge on any atom is -0.373 e. The number of ether oxygens (including phenoxy) is 1. The maximum atomic E-state index is 5.85. The van der Waals surface area contributed by atoms with Crippen LogP contribution >= 0.6 is 0 Å². The fraction of sp³-hybridized carbons (Fsp3) is 0.750. The maximum absolute atomic E-state index is 5.85. The molecule has 1 saturated carbocycles. The Bertz CT molecular complexity index is 428. The number of anilines is 1. The average Bonchev–Trinajstić information content (AvgIpc) is 2.98. The van der Waals surface area contributed by atoms with E-state index in [1.807, 2.05) is 14.0 Å². The highest BCUT2D eigenvalue weighted by Gasteiger charge is 2.24. The van der Waals surface area contributed by atoms with E-state index in [-0.39, 0.29) is 6.10 Å². The molecule has 4 nitrogen and oxygen atoms in total. The number of rotatable bonds is 6. The molecule has 1 aromatic heterocycles. The van der Waals surface area contributed by atoms with Crippen LogP contribution in [0.25, 0.3) is 0 Å². The lowest BCUT2D eigenvalue weighted by Crippen LogP contribution is -2.17. The second-order valence-electron chi connectivity index (χ2n) is 5.89. The van der Waals surface area contributed by atoms with Crippen molar-refractivity contribution < 1.29 is 4.74 Å². The summed E-state index contributed by atoms with van der Waals surface area (Å²) in [6.07, 6.45) is 5.12. The summed E-state index contributed by atoms with van der Waals surface area (Å²) in [5, 5.41) is 3.16. The summed E-state index contributed by atoms with van der Waals surface area (Å²) in [6, 6.07) is 2.10. The van der Waals surface area contributed by atoms with Gasteiger partial charge in [0.25, 0.3) is 0 Å². The molecule has 20 heavy (non-hydrogen) atoms. The SMILES string of the molecule is CCOC(c1nc(NC)cc(C2CCCC2)n1)C(C)C. The van der Waals surface area contributed by atoms with Gasteiger partial charge in [-0.2, -0.15) is 0 Å². The highest BCUT2D eigenvalue weighted by Crippen LogP contribution is 2.35. The fourth-order valence-corrected chi connectivity index (χ4v) is 2.92. The minimum absolute atomic E-state index is 0.0200. The molecule has 2 rings (SSSR count). The van der Waals surface area contributed by atoms with E-state index < -0.39 is 0 Å². The van der Waals surface area contributed by atoms with Gasteiger partial charge in [-0.1, -0.05) is 26.7 Å². The summed E-state index contributed by atoms with van der Waals surface area (Å²) in [6.45, 7) is 7.03. The Kier molecular flexibility index (Phi) is 5.35. The van der Waals surface area contributed by atoms with Crippen molar-refractivity contribution in [1.82, 2.24) is 9.97 Å². The van der Waals surface area contributed by atoms with E-state index >= 15 is 0 Å². The highest BCUT2D eigenvalue weighted by molar-refractivity contribution is 5.37. The molecule has 0 aromatic carbocycles. The first kappa shape index (κ1) is 15.2. The molecule has 1 aliphatic rings. The molecule has 0 radical (unpaired) electrons. The lowest BCUT2D eigenvalue weighted by Gasteiger charge is -2.21. The molecule has 1 fully saturated rings. The first-order valence-electron chi connectivity index (χ1n) is 7.84. The number of nitrogens with zero attached hydrogens (tertiary/aromatic N) is 2. The van der Waals surface area contributed by atoms with Gasteiger partial charge in [0.05, 0.1) is 0 Å².